The summed E-state index contributed by atoms with van der Waals surface area (Å²) in [5.74, 6) is -0.264. The van der Waals surface area contributed by atoms with E-state index in [0.717, 1.165) is 11.3 Å². The molecule has 2 unspecified atom stereocenters. The highest BCUT2D eigenvalue weighted by Crippen LogP contribution is 2.24. The van der Waals surface area contributed by atoms with Crippen molar-refractivity contribution >= 4 is 17.5 Å². The minimum absolute atomic E-state index is 0.0327. The van der Waals surface area contributed by atoms with Crippen molar-refractivity contribution in [2.75, 3.05) is 19.5 Å². The van der Waals surface area contributed by atoms with E-state index >= 15 is 0 Å². The molecule has 3 aromatic rings. The molecule has 2 atom stereocenters. The third-order valence-electron chi connectivity index (χ3n) is 5.40. The lowest BCUT2D eigenvalue weighted by atomic mass is 10.0. The molecule has 0 aliphatic heterocycles. The number of ether oxygens (including phenoxy) is 1. The van der Waals surface area contributed by atoms with Crippen LogP contribution in [0, 0.1) is 11.7 Å². The largest absolute Gasteiger partial charge is 0.494 e. The van der Waals surface area contributed by atoms with E-state index in [1.807, 2.05) is 13.1 Å². The molecule has 1 aromatic carbocycles. The zero-order valence-corrected chi connectivity index (χ0v) is 19.2. The van der Waals surface area contributed by atoms with Gasteiger partial charge in [-0.3, -0.25) is 9.48 Å². The van der Waals surface area contributed by atoms with Crippen molar-refractivity contribution in [2.45, 2.75) is 39.3 Å². The van der Waals surface area contributed by atoms with Crippen LogP contribution in [0.2, 0.25) is 0 Å². The van der Waals surface area contributed by atoms with Gasteiger partial charge < -0.3 is 20.5 Å². The molecule has 3 rings (SSSR count). The average molecular weight is 457 g/mol. The van der Waals surface area contributed by atoms with E-state index in [1.54, 1.807) is 30.2 Å². The Morgan fingerprint density at radius 3 is 2.58 bits per heavy atom. The predicted molar refractivity (Wildman–Crippen MR) is 122 cm³/mol. The first-order chi connectivity index (χ1) is 15.8. The quantitative estimate of drug-likeness (QED) is 0.430. The van der Waals surface area contributed by atoms with Gasteiger partial charge in [-0.25, -0.2) is 14.4 Å². The Morgan fingerprint density at radius 1 is 1.21 bits per heavy atom. The molecule has 0 saturated heterocycles. The Bertz CT molecular complexity index is 1080. The van der Waals surface area contributed by atoms with E-state index in [2.05, 4.69) is 25.7 Å². The third kappa shape index (κ3) is 6.26. The van der Waals surface area contributed by atoms with Gasteiger partial charge in [0.15, 0.2) is 11.6 Å². The number of rotatable bonds is 10. The summed E-state index contributed by atoms with van der Waals surface area (Å²) in [6.07, 6.45) is 7.28. The third-order valence-corrected chi connectivity index (χ3v) is 5.40. The van der Waals surface area contributed by atoms with Crippen LogP contribution >= 0.6 is 0 Å². The molecule has 10 heteroatoms. The highest BCUT2D eigenvalue weighted by molar-refractivity contribution is 5.94. The number of methoxy groups -OCH3 is 1. The van der Waals surface area contributed by atoms with E-state index in [9.17, 15) is 14.3 Å². The molecule has 2 aromatic heterocycles. The predicted octanol–water partition coefficient (Wildman–Crippen LogP) is 2.73. The van der Waals surface area contributed by atoms with Crippen LogP contribution in [0.5, 0.6) is 5.75 Å². The fourth-order valence-electron chi connectivity index (χ4n) is 3.19. The van der Waals surface area contributed by atoms with E-state index < -0.39 is 11.9 Å². The molecular weight excluding hydrogens is 427 g/mol. The van der Waals surface area contributed by atoms with Gasteiger partial charge >= 0.3 is 0 Å². The van der Waals surface area contributed by atoms with E-state index in [4.69, 9.17) is 4.74 Å². The maximum Gasteiger partial charge on any atom is 0.251 e. The van der Waals surface area contributed by atoms with E-state index in [1.165, 1.54) is 26.3 Å². The van der Waals surface area contributed by atoms with Crippen LogP contribution in [0.1, 0.15) is 35.3 Å². The van der Waals surface area contributed by atoms with Crippen LogP contribution in [0.15, 0.2) is 36.9 Å². The smallest absolute Gasteiger partial charge is 0.251 e. The van der Waals surface area contributed by atoms with Gasteiger partial charge in [0.2, 0.25) is 5.95 Å². The van der Waals surface area contributed by atoms with Gasteiger partial charge in [0, 0.05) is 43.7 Å². The number of anilines is 2. The number of carbonyl (C=O) groups is 1. The van der Waals surface area contributed by atoms with Crippen LogP contribution in [0.25, 0.3) is 0 Å². The summed E-state index contributed by atoms with van der Waals surface area (Å²) in [5.41, 5.74) is 2.28. The van der Waals surface area contributed by atoms with E-state index in [0.29, 0.717) is 36.5 Å². The average Bonchev–Trinajstić information content (AvgIpc) is 3.25. The molecule has 0 radical (unpaired) electrons. The number of halogens is 1. The van der Waals surface area contributed by atoms with Crippen molar-refractivity contribution < 1.29 is 19.0 Å². The molecule has 0 bridgehead atoms. The fourth-order valence-corrected chi connectivity index (χ4v) is 3.19. The summed E-state index contributed by atoms with van der Waals surface area (Å²) in [5, 5.41) is 19.5. The van der Waals surface area contributed by atoms with Crippen LogP contribution in [0.4, 0.5) is 16.0 Å². The summed E-state index contributed by atoms with van der Waals surface area (Å²) < 4.78 is 21.5. The number of amides is 1. The van der Waals surface area contributed by atoms with Crippen molar-refractivity contribution in [2.24, 2.45) is 5.92 Å². The Balaban J connectivity index is 1.63. The lowest BCUT2D eigenvalue weighted by Crippen LogP contribution is -2.19. The molecule has 9 nitrogen and oxygen atoms in total. The highest BCUT2D eigenvalue weighted by atomic mass is 19.1. The number of carbonyl (C=O) groups excluding carboxylic acids is 1. The van der Waals surface area contributed by atoms with Gasteiger partial charge in [0.25, 0.3) is 5.91 Å². The zero-order chi connectivity index (χ0) is 24.0. The second-order valence-corrected chi connectivity index (χ2v) is 7.94. The Morgan fingerprint density at radius 2 is 1.94 bits per heavy atom. The monoisotopic (exact) mass is 456 g/mol. The molecule has 33 heavy (non-hydrogen) atoms. The molecular formula is C23H29FN6O3. The SMILES string of the molecule is CNC(=O)c1cc(CCc2cnc(Nc3cnn(CC(C)C(C)O)c3)nc2)c(F)c(OC)c1. The van der Waals surface area contributed by atoms with Gasteiger partial charge in [-0.1, -0.05) is 6.92 Å². The summed E-state index contributed by atoms with van der Waals surface area (Å²) in [7, 11) is 2.89. The summed E-state index contributed by atoms with van der Waals surface area (Å²) in [4.78, 5) is 20.6. The number of aromatic nitrogens is 4. The maximum atomic E-state index is 14.6. The Hall–Kier alpha value is -3.53. The molecule has 176 valence electrons. The van der Waals surface area contributed by atoms with E-state index in [-0.39, 0.29) is 17.6 Å². The standard InChI is InChI=1S/C23H29FN6O3/c1-14(15(2)31)12-30-13-19(11-28-30)29-23-26-9-16(10-27-23)5-6-17-7-18(22(32)25-3)8-20(33-4)21(17)24/h7-11,13-15,31H,5-6,12H2,1-4H3,(H,25,32)(H,26,27,29). The molecule has 0 spiro atoms. The second-order valence-electron chi connectivity index (χ2n) is 7.94. The molecule has 0 aliphatic rings. The number of aliphatic hydroxyl groups is 1. The minimum atomic E-state index is -0.480. The van der Waals surface area contributed by atoms with Crippen LogP contribution < -0.4 is 15.4 Å². The molecule has 2 heterocycles. The number of aryl methyl sites for hydroxylation is 2. The molecule has 1 amide bonds. The van der Waals surface area contributed by atoms with Crippen molar-refractivity contribution in [3.63, 3.8) is 0 Å². The summed E-state index contributed by atoms with van der Waals surface area (Å²) >= 11 is 0. The lowest BCUT2D eigenvalue weighted by Gasteiger charge is -2.13. The van der Waals surface area contributed by atoms with Crippen molar-refractivity contribution in [1.29, 1.82) is 0 Å². The number of aliphatic hydroxyl groups excluding tert-OH is 1. The van der Waals surface area contributed by atoms with Crippen molar-refractivity contribution in [3.8, 4) is 5.75 Å². The van der Waals surface area contributed by atoms with Gasteiger partial charge in [-0.05, 0) is 43.0 Å². The van der Waals surface area contributed by atoms with Crippen LogP contribution in [-0.2, 0) is 19.4 Å². The Labute approximate surface area is 192 Å². The first-order valence-corrected chi connectivity index (χ1v) is 10.7. The van der Waals surface area contributed by atoms with Gasteiger partial charge in [0.1, 0.15) is 0 Å². The number of nitrogens with one attached hydrogen (secondary N) is 2. The molecule has 0 fully saturated rings. The van der Waals surface area contributed by atoms with Crippen molar-refractivity contribution in [1.82, 2.24) is 25.1 Å². The molecule has 3 N–H and O–H groups in total. The summed E-state index contributed by atoms with van der Waals surface area (Å²) in [6.45, 7) is 4.31. The van der Waals surface area contributed by atoms with Gasteiger partial charge in [-0.2, -0.15) is 5.10 Å². The van der Waals surface area contributed by atoms with Crippen molar-refractivity contribution in [3.05, 3.63) is 59.4 Å². The summed E-state index contributed by atoms with van der Waals surface area (Å²) in [6, 6.07) is 2.91. The highest BCUT2D eigenvalue weighted by Gasteiger charge is 2.15. The van der Waals surface area contributed by atoms with Crippen LogP contribution in [0.3, 0.4) is 0 Å². The van der Waals surface area contributed by atoms with Crippen LogP contribution in [-0.4, -0.2) is 51.0 Å². The maximum absolute atomic E-state index is 14.6. The number of benzene rings is 1. The second kappa shape index (κ2) is 10.9. The number of hydrogen-bond acceptors (Lipinski definition) is 7. The minimum Gasteiger partial charge on any atom is -0.494 e. The topological polar surface area (TPSA) is 114 Å². The Kier molecular flexibility index (Phi) is 7.94. The first-order valence-electron chi connectivity index (χ1n) is 10.7. The molecule has 0 saturated carbocycles. The normalized spacial score (nSPS) is 12.8. The first kappa shape index (κ1) is 24.1. The molecule has 0 aliphatic carbocycles. The zero-order valence-electron chi connectivity index (χ0n) is 19.2. The number of hydrogen-bond donors (Lipinski definition) is 3. The lowest BCUT2D eigenvalue weighted by molar-refractivity contribution is 0.0962. The van der Waals surface area contributed by atoms with Gasteiger partial charge in [-0.15, -0.1) is 0 Å². The fraction of sp³-hybridized carbons (Fsp3) is 0.391. The van der Waals surface area contributed by atoms with Gasteiger partial charge in [0.05, 0.1) is 25.1 Å². The number of nitrogens with zero attached hydrogens (tertiary/aromatic N) is 4.